The van der Waals surface area contributed by atoms with Gasteiger partial charge in [0.25, 0.3) is 0 Å². The Hall–Kier alpha value is -1.00. The van der Waals surface area contributed by atoms with Crippen LogP contribution < -0.4 is 0 Å². The van der Waals surface area contributed by atoms with Crippen molar-refractivity contribution in [3.05, 3.63) is 57.0 Å². The van der Waals surface area contributed by atoms with Crippen LogP contribution in [0.15, 0.2) is 24.3 Å². The van der Waals surface area contributed by atoms with Crippen molar-refractivity contribution < 1.29 is 13.2 Å². The number of rotatable bonds is 3. The molecule has 0 aliphatic rings. The van der Waals surface area contributed by atoms with Gasteiger partial charge in [0, 0.05) is 21.4 Å². The van der Waals surface area contributed by atoms with Crippen molar-refractivity contribution in [2.24, 2.45) is 0 Å². The largest absolute Gasteiger partial charge is 0.207 e. The summed E-state index contributed by atoms with van der Waals surface area (Å²) in [6.45, 7) is 2.00. The van der Waals surface area contributed by atoms with E-state index >= 15 is 0 Å². The lowest BCUT2D eigenvalue weighted by Gasteiger charge is -2.09. The number of halogens is 4. The van der Waals surface area contributed by atoms with Gasteiger partial charge in [0.15, 0.2) is 11.6 Å². The number of hydrogen-bond acceptors (Lipinski definition) is 1. The smallest absolute Gasteiger partial charge is 0.161 e. The third-order valence-corrected chi connectivity index (χ3v) is 4.49. The topological polar surface area (TPSA) is 0 Å². The zero-order valence-electron chi connectivity index (χ0n) is 9.51. The van der Waals surface area contributed by atoms with E-state index in [9.17, 15) is 13.2 Å². The molecule has 18 heavy (non-hydrogen) atoms. The van der Waals surface area contributed by atoms with Crippen LogP contribution in [0.5, 0.6) is 0 Å². The molecule has 0 aliphatic heterocycles. The maximum Gasteiger partial charge on any atom is 0.161 e. The van der Waals surface area contributed by atoms with Gasteiger partial charge < -0.3 is 0 Å². The van der Waals surface area contributed by atoms with Crippen molar-refractivity contribution in [1.29, 1.82) is 0 Å². The summed E-state index contributed by atoms with van der Waals surface area (Å²) in [5.74, 6) is -3.13. The van der Waals surface area contributed by atoms with Crippen molar-refractivity contribution in [3.8, 4) is 0 Å². The van der Waals surface area contributed by atoms with Crippen molar-refractivity contribution in [1.82, 2.24) is 0 Å². The maximum absolute atomic E-state index is 13.6. The first-order chi connectivity index (χ1) is 8.52. The van der Waals surface area contributed by atoms with Crippen LogP contribution in [0.3, 0.4) is 0 Å². The Morgan fingerprint density at radius 1 is 1.11 bits per heavy atom. The number of aryl methyl sites for hydroxylation is 1. The van der Waals surface area contributed by atoms with Crippen LogP contribution in [-0.4, -0.2) is 0 Å². The number of thiophene rings is 1. The summed E-state index contributed by atoms with van der Waals surface area (Å²) in [5, 5.41) is -0.801. The minimum Gasteiger partial charge on any atom is -0.207 e. The summed E-state index contributed by atoms with van der Waals surface area (Å²) >= 11 is 7.55. The second-order valence-corrected chi connectivity index (χ2v) is 5.44. The van der Waals surface area contributed by atoms with E-state index in [0.717, 1.165) is 22.2 Å². The molecule has 2 aromatic rings. The molecule has 0 N–H and O–H groups in total. The standard InChI is InChI=1S/C13H10ClF3S/c1-2-7-3-4-12(18-7)13(14)8-5-10(16)11(17)6-9(8)15/h3-6,13H,2H2,1H3. The lowest BCUT2D eigenvalue weighted by atomic mass is 10.1. The van der Waals surface area contributed by atoms with Gasteiger partial charge in [0.1, 0.15) is 5.82 Å². The average Bonchev–Trinajstić information content (AvgIpc) is 2.81. The minimum absolute atomic E-state index is 0.0416. The highest BCUT2D eigenvalue weighted by Gasteiger charge is 2.19. The summed E-state index contributed by atoms with van der Waals surface area (Å²) in [7, 11) is 0. The Kier molecular flexibility index (Phi) is 3.97. The molecule has 0 amide bonds. The Bertz CT molecular complexity index is 565. The molecule has 0 bridgehead atoms. The van der Waals surface area contributed by atoms with Crippen LogP contribution in [0, 0.1) is 17.5 Å². The fourth-order valence-corrected chi connectivity index (χ4v) is 2.93. The van der Waals surface area contributed by atoms with E-state index in [1.165, 1.54) is 11.3 Å². The fourth-order valence-electron chi connectivity index (χ4n) is 1.61. The van der Waals surface area contributed by atoms with E-state index < -0.39 is 22.8 Å². The predicted molar refractivity (Wildman–Crippen MR) is 67.7 cm³/mol. The minimum atomic E-state index is -1.21. The van der Waals surface area contributed by atoms with E-state index in [1.54, 1.807) is 6.07 Å². The van der Waals surface area contributed by atoms with Crippen LogP contribution in [0.1, 0.15) is 27.6 Å². The maximum atomic E-state index is 13.6. The molecule has 0 fully saturated rings. The van der Waals surface area contributed by atoms with E-state index in [0.29, 0.717) is 6.07 Å². The highest BCUT2D eigenvalue weighted by Crippen LogP contribution is 2.35. The summed E-state index contributed by atoms with van der Waals surface area (Å²) < 4.78 is 39.5. The summed E-state index contributed by atoms with van der Waals surface area (Å²) in [4.78, 5) is 1.83. The summed E-state index contributed by atoms with van der Waals surface area (Å²) in [5.41, 5.74) is -0.0416. The number of hydrogen-bond donors (Lipinski definition) is 0. The SMILES string of the molecule is CCc1ccc(C(Cl)c2cc(F)c(F)cc2F)s1. The molecule has 0 radical (unpaired) electrons. The van der Waals surface area contributed by atoms with E-state index in [4.69, 9.17) is 11.6 Å². The molecule has 0 spiro atoms. The molecule has 0 aliphatic carbocycles. The van der Waals surface area contributed by atoms with Crippen LogP contribution in [-0.2, 0) is 6.42 Å². The Balaban J connectivity index is 2.39. The molecule has 0 saturated carbocycles. The quantitative estimate of drug-likeness (QED) is 0.548. The highest BCUT2D eigenvalue weighted by atomic mass is 35.5. The summed E-state index contributed by atoms with van der Waals surface area (Å²) in [6.07, 6.45) is 0.856. The van der Waals surface area contributed by atoms with Gasteiger partial charge >= 0.3 is 0 Å². The van der Waals surface area contributed by atoms with E-state index in [1.807, 2.05) is 13.0 Å². The van der Waals surface area contributed by atoms with Gasteiger partial charge in [0.2, 0.25) is 0 Å². The lowest BCUT2D eigenvalue weighted by molar-refractivity contribution is 0.490. The molecule has 0 saturated heterocycles. The van der Waals surface area contributed by atoms with Gasteiger partial charge in [-0.2, -0.15) is 0 Å². The van der Waals surface area contributed by atoms with Gasteiger partial charge in [-0.3, -0.25) is 0 Å². The van der Waals surface area contributed by atoms with Crippen molar-refractivity contribution in [2.45, 2.75) is 18.7 Å². The monoisotopic (exact) mass is 290 g/mol. The van der Waals surface area contributed by atoms with Gasteiger partial charge in [-0.15, -0.1) is 22.9 Å². The van der Waals surface area contributed by atoms with Crippen molar-refractivity contribution in [3.63, 3.8) is 0 Å². The molecular weight excluding hydrogens is 281 g/mol. The third-order valence-electron chi connectivity index (χ3n) is 2.59. The van der Waals surface area contributed by atoms with Gasteiger partial charge in [-0.25, -0.2) is 13.2 Å². The van der Waals surface area contributed by atoms with Crippen molar-refractivity contribution in [2.75, 3.05) is 0 Å². The second-order valence-electron chi connectivity index (χ2n) is 3.81. The molecule has 1 heterocycles. The third kappa shape index (κ3) is 2.54. The second kappa shape index (κ2) is 5.33. The first-order valence-electron chi connectivity index (χ1n) is 5.40. The van der Waals surface area contributed by atoms with E-state index in [2.05, 4.69) is 0 Å². The molecule has 1 unspecified atom stereocenters. The van der Waals surface area contributed by atoms with Gasteiger partial charge in [-0.1, -0.05) is 6.92 Å². The van der Waals surface area contributed by atoms with Crippen LogP contribution in [0.2, 0.25) is 0 Å². The number of benzene rings is 1. The summed E-state index contributed by atoms with van der Waals surface area (Å²) in [6, 6.07) is 5.01. The molecule has 5 heteroatoms. The van der Waals surface area contributed by atoms with E-state index in [-0.39, 0.29) is 5.56 Å². The molecule has 1 aromatic heterocycles. The van der Waals surface area contributed by atoms with Gasteiger partial charge in [-0.05, 0) is 24.6 Å². The first kappa shape index (κ1) is 13.4. The average molecular weight is 291 g/mol. The molecule has 96 valence electrons. The Morgan fingerprint density at radius 2 is 1.78 bits per heavy atom. The normalized spacial score (nSPS) is 12.7. The number of alkyl halides is 1. The molecule has 0 nitrogen and oxygen atoms in total. The Morgan fingerprint density at radius 3 is 2.39 bits per heavy atom. The predicted octanol–water partition coefficient (Wildman–Crippen LogP) is 5.06. The Labute approximate surface area is 112 Å². The highest BCUT2D eigenvalue weighted by molar-refractivity contribution is 7.12. The van der Waals surface area contributed by atoms with Crippen LogP contribution in [0.25, 0.3) is 0 Å². The molecule has 2 rings (SSSR count). The zero-order valence-corrected chi connectivity index (χ0v) is 11.1. The van der Waals surface area contributed by atoms with Crippen LogP contribution in [0.4, 0.5) is 13.2 Å². The zero-order chi connectivity index (χ0) is 13.3. The molecular formula is C13H10ClF3S. The van der Waals surface area contributed by atoms with Gasteiger partial charge in [0.05, 0.1) is 5.38 Å². The first-order valence-corrected chi connectivity index (χ1v) is 6.65. The fraction of sp³-hybridized carbons (Fsp3) is 0.231. The molecule has 1 aromatic carbocycles. The van der Waals surface area contributed by atoms with Crippen molar-refractivity contribution >= 4 is 22.9 Å². The lowest BCUT2D eigenvalue weighted by Crippen LogP contribution is -1.98. The molecule has 1 atom stereocenters. The van der Waals surface area contributed by atoms with Crippen LogP contribution >= 0.6 is 22.9 Å².